The van der Waals surface area contributed by atoms with Crippen LogP contribution in [-0.2, 0) is 23.7 Å². The van der Waals surface area contributed by atoms with E-state index in [-0.39, 0.29) is 12.5 Å². The lowest BCUT2D eigenvalue weighted by Crippen LogP contribution is -2.65. The second kappa shape index (κ2) is 46.6. The van der Waals surface area contributed by atoms with Gasteiger partial charge in [-0.1, -0.05) is 238 Å². The summed E-state index contributed by atoms with van der Waals surface area (Å²) in [6.07, 6.45) is 36.7. The molecule has 0 aromatic rings. The Hall–Kier alpha value is -1.27. The quantitative estimate of drug-likeness (QED) is 0.0204. The van der Waals surface area contributed by atoms with Crippen LogP contribution in [-0.4, -0.2) is 140 Å². The third kappa shape index (κ3) is 32.0. The standard InChI is InChI=1S/C60H115NO13/c1-3-5-7-9-11-13-15-16-17-18-19-20-21-22-23-24-25-26-27-28-29-30-31-32-34-36-38-40-42-44-52(65)61-48(49(64)43-41-39-37-35-33-14-12-10-8-6-4-2)47-71-59-57(70)55(68)58(51(46-63)73-59)74-60-56(69)54(67)53(66)50(45-62)72-60/h18-19,48-51,53-60,62-64,66-70H,3-17,20-47H2,1-2H3,(H,61,65)/b19-18-. The van der Waals surface area contributed by atoms with Gasteiger partial charge in [0.15, 0.2) is 12.6 Å². The molecule has 9 N–H and O–H groups in total. The van der Waals surface area contributed by atoms with Crippen molar-refractivity contribution in [2.24, 2.45) is 0 Å². The van der Waals surface area contributed by atoms with Crippen LogP contribution in [0.5, 0.6) is 0 Å². The van der Waals surface area contributed by atoms with Crippen molar-refractivity contribution in [1.82, 2.24) is 5.32 Å². The van der Waals surface area contributed by atoms with E-state index >= 15 is 0 Å². The highest BCUT2D eigenvalue weighted by Crippen LogP contribution is 2.30. The SMILES string of the molecule is CCCCCCCCCC/C=C\CCCCCCCCCCCCCCCCCCCC(=O)NC(COC1OC(CO)C(OC2OC(CO)C(O)C(O)C2O)C(O)C1O)C(O)CCCCCCCCCCCCC. The summed E-state index contributed by atoms with van der Waals surface area (Å²) in [5, 5.41) is 87.1. The summed E-state index contributed by atoms with van der Waals surface area (Å²) in [7, 11) is 0. The first-order valence-corrected chi connectivity index (χ1v) is 30.9. The van der Waals surface area contributed by atoms with Gasteiger partial charge in [-0.2, -0.15) is 0 Å². The van der Waals surface area contributed by atoms with Gasteiger partial charge in [0.25, 0.3) is 0 Å². The lowest BCUT2D eigenvalue weighted by Gasteiger charge is -2.46. The number of aliphatic hydroxyl groups is 8. The Balaban J connectivity index is 1.64. The fourth-order valence-electron chi connectivity index (χ4n) is 10.5. The number of amides is 1. The van der Waals surface area contributed by atoms with Crippen molar-refractivity contribution in [3.63, 3.8) is 0 Å². The highest BCUT2D eigenvalue weighted by atomic mass is 16.7. The number of rotatable bonds is 50. The molecule has 2 rings (SSSR count). The van der Waals surface area contributed by atoms with Gasteiger partial charge in [0.05, 0.1) is 32.0 Å². The summed E-state index contributed by atoms with van der Waals surface area (Å²) in [6, 6.07) is -0.823. The summed E-state index contributed by atoms with van der Waals surface area (Å²) in [6.45, 7) is 2.87. The fourth-order valence-corrected chi connectivity index (χ4v) is 10.5. The average molecular weight is 1060 g/mol. The van der Waals surface area contributed by atoms with Crippen LogP contribution in [0.25, 0.3) is 0 Å². The number of nitrogens with one attached hydrogen (secondary N) is 1. The molecule has 0 aromatic heterocycles. The molecule has 12 atom stereocenters. The van der Waals surface area contributed by atoms with E-state index in [9.17, 15) is 45.6 Å². The molecule has 438 valence electrons. The molecule has 2 fully saturated rings. The van der Waals surface area contributed by atoms with Crippen LogP contribution in [0, 0.1) is 0 Å². The predicted octanol–water partition coefficient (Wildman–Crippen LogP) is 10.7. The zero-order valence-corrected chi connectivity index (χ0v) is 47.1. The van der Waals surface area contributed by atoms with Crippen LogP contribution in [0.3, 0.4) is 0 Å². The van der Waals surface area contributed by atoms with Crippen molar-refractivity contribution in [2.45, 2.75) is 344 Å². The lowest BCUT2D eigenvalue weighted by atomic mass is 9.97. The molecule has 74 heavy (non-hydrogen) atoms. The first-order chi connectivity index (χ1) is 36.1. The minimum absolute atomic E-state index is 0.203. The van der Waals surface area contributed by atoms with Gasteiger partial charge in [0.2, 0.25) is 5.91 Å². The Labute approximate surface area is 450 Å². The highest BCUT2D eigenvalue weighted by Gasteiger charge is 2.51. The topological polar surface area (TPSA) is 228 Å². The molecule has 0 aliphatic carbocycles. The van der Waals surface area contributed by atoms with Crippen LogP contribution in [0.2, 0.25) is 0 Å². The van der Waals surface area contributed by atoms with Gasteiger partial charge < -0.3 is 65.1 Å². The summed E-state index contributed by atoms with van der Waals surface area (Å²) in [4.78, 5) is 13.3. The van der Waals surface area contributed by atoms with Gasteiger partial charge in [-0.3, -0.25) is 4.79 Å². The molecule has 0 spiro atoms. The second-order valence-electron chi connectivity index (χ2n) is 22.2. The van der Waals surface area contributed by atoms with E-state index in [0.29, 0.717) is 12.8 Å². The van der Waals surface area contributed by atoms with Crippen LogP contribution in [0.15, 0.2) is 12.2 Å². The molecular weight excluding hydrogens is 943 g/mol. The number of hydrogen-bond acceptors (Lipinski definition) is 13. The molecule has 2 aliphatic heterocycles. The molecule has 2 aliphatic rings. The van der Waals surface area contributed by atoms with Crippen LogP contribution in [0.1, 0.15) is 271 Å². The van der Waals surface area contributed by atoms with Gasteiger partial charge in [-0.15, -0.1) is 0 Å². The van der Waals surface area contributed by atoms with Gasteiger partial charge in [-0.25, -0.2) is 0 Å². The third-order valence-corrected chi connectivity index (χ3v) is 15.5. The largest absolute Gasteiger partial charge is 0.394 e. The maximum absolute atomic E-state index is 13.3. The maximum Gasteiger partial charge on any atom is 0.220 e. The van der Waals surface area contributed by atoms with Crippen molar-refractivity contribution in [3.05, 3.63) is 12.2 Å². The van der Waals surface area contributed by atoms with Gasteiger partial charge in [-0.05, 0) is 38.5 Å². The Bertz CT molecular complexity index is 1290. The monoisotopic (exact) mass is 1060 g/mol. The lowest BCUT2D eigenvalue weighted by molar-refractivity contribution is -0.359. The predicted molar refractivity (Wildman–Crippen MR) is 295 cm³/mol. The van der Waals surface area contributed by atoms with E-state index in [0.717, 1.165) is 51.4 Å². The minimum Gasteiger partial charge on any atom is -0.394 e. The molecule has 14 heteroatoms. The first kappa shape index (κ1) is 68.8. The zero-order valence-electron chi connectivity index (χ0n) is 47.1. The molecule has 2 saturated heterocycles. The molecule has 0 bridgehead atoms. The average Bonchev–Trinajstić information content (AvgIpc) is 3.40. The van der Waals surface area contributed by atoms with Crippen LogP contribution < -0.4 is 5.32 Å². The third-order valence-electron chi connectivity index (χ3n) is 15.5. The molecule has 0 aromatic carbocycles. The van der Waals surface area contributed by atoms with Gasteiger partial charge in [0, 0.05) is 6.42 Å². The Morgan fingerprint density at radius 2 is 0.851 bits per heavy atom. The first-order valence-electron chi connectivity index (χ1n) is 30.9. The zero-order chi connectivity index (χ0) is 53.9. The van der Waals surface area contributed by atoms with Crippen molar-refractivity contribution >= 4 is 5.91 Å². The number of hydrogen-bond donors (Lipinski definition) is 9. The molecule has 1 amide bonds. The highest BCUT2D eigenvalue weighted by molar-refractivity contribution is 5.76. The van der Waals surface area contributed by atoms with Gasteiger partial charge >= 0.3 is 0 Å². The van der Waals surface area contributed by atoms with Crippen molar-refractivity contribution < 1.29 is 64.6 Å². The number of ether oxygens (including phenoxy) is 4. The molecule has 14 nitrogen and oxygen atoms in total. The van der Waals surface area contributed by atoms with E-state index in [4.69, 9.17) is 18.9 Å². The number of aliphatic hydroxyl groups excluding tert-OH is 8. The normalized spacial score (nSPS) is 25.2. The maximum atomic E-state index is 13.3. The molecule has 12 unspecified atom stereocenters. The number of allylic oxidation sites excluding steroid dienone is 2. The van der Waals surface area contributed by atoms with E-state index in [2.05, 4.69) is 31.3 Å². The van der Waals surface area contributed by atoms with Crippen molar-refractivity contribution in [1.29, 1.82) is 0 Å². The number of carbonyl (C=O) groups excluding carboxylic acids is 1. The second-order valence-corrected chi connectivity index (χ2v) is 22.2. The van der Waals surface area contributed by atoms with E-state index in [1.165, 1.54) is 193 Å². The van der Waals surface area contributed by atoms with Crippen molar-refractivity contribution in [3.8, 4) is 0 Å². The smallest absolute Gasteiger partial charge is 0.220 e. The summed E-state index contributed by atoms with van der Waals surface area (Å²) in [5.74, 6) is -0.203. The molecular formula is C60H115NO13. The fraction of sp³-hybridized carbons (Fsp3) is 0.950. The Morgan fingerprint density at radius 3 is 1.28 bits per heavy atom. The minimum atomic E-state index is -1.78. The number of unbranched alkanes of at least 4 members (excludes halogenated alkanes) is 35. The van der Waals surface area contributed by atoms with E-state index in [1.54, 1.807) is 0 Å². The Kier molecular flexibility index (Phi) is 43.4. The van der Waals surface area contributed by atoms with E-state index < -0.39 is 86.8 Å². The summed E-state index contributed by atoms with van der Waals surface area (Å²) in [5.41, 5.74) is 0. The molecule has 0 radical (unpaired) electrons. The Morgan fingerprint density at radius 1 is 0.473 bits per heavy atom. The number of carbonyl (C=O) groups is 1. The van der Waals surface area contributed by atoms with Crippen LogP contribution >= 0.6 is 0 Å². The van der Waals surface area contributed by atoms with E-state index in [1.807, 2.05) is 0 Å². The van der Waals surface area contributed by atoms with Gasteiger partial charge in [0.1, 0.15) is 48.8 Å². The molecule has 2 heterocycles. The van der Waals surface area contributed by atoms with Crippen LogP contribution in [0.4, 0.5) is 0 Å². The van der Waals surface area contributed by atoms with Crippen molar-refractivity contribution in [2.75, 3.05) is 19.8 Å². The summed E-state index contributed by atoms with van der Waals surface area (Å²) < 4.78 is 22.8. The molecule has 0 saturated carbocycles. The summed E-state index contributed by atoms with van der Waals surface area (Å²) >= 11 is 0.